The number of hydrogen-bond donors (Lipinski definition) is 0. The Labute approximate surface area is 252 Å². The zero-order valence-electron chi connectivity index (χ0n) is 29.0. The maximum absolute atomic E-state index is 11.8. The lowest BCUT2D eigenvalue weighted by molar-refractivity contribution is -0.134. The van der Waals surface area contributed by atoms with Crippen LogP contribution in [0.4, 0.5) is 0 Å². The van der Waals surface area contributed by atoms with Crippen molar-refractivity contribution in [1.29, 1.82) is 0 Å². The summed E-state index contributed by atoms with van der Waals surface area (Å²) in [5.41, 5.74) is 0.885. The van der Waals surface area contributed by atoms with Crippen molar-refractivity contribution in [2.24, 2.45) is 16.2 Å². The van der Waals surface area contributed by atoms with Crippen LogP contribution in [0.2, 0.25) is 0 Å². The number of piperazine rings is 1. The Hall–Kier alpha value is -1.14. The molecule has 0 unspecified atom stereocenters. The quantitative estimate of drug-likeness (QED) is 0.270. The Kier molecular flexibility index (Phi) is 23.3. The molecule has 1 rings (SSSR count). The molecule has 0 spiro atoms. The van der Waals surface area contributed by atoms with E-state index in [9.17, 15) is 9.59 Å². The molecule has 0 aromatic rings. The van der Waals surface area contributed by atoms with E-state index in [1.54, 1.807) is 0 Å². The second-order valence-electron chi connectivity index (χ2n) is 14.7. The molecule has 1 aliphatic rings. The highest BCUT2D eigenvalue weighted by Gasteiger charge is 2.23. The van der Waals surface area contributed by atoms with E-state index >= 15 is 0 Å². The monoisotopic (exact) mass is 571 g/mol. The van der Waals surface area contributed by atoms with Gasteiger partial charge in [-0.05, 0) is 76.0 Å². The zero-order chi connectivity index (χ0) is 30.9. The van der Waals surface area contributed by atoms with Crippen molar-refractivity contribution in [3.8, 4) is 0 Å². The van der Waals surface area contributed by atoms with Crippen LogP contribution >= 0.6 is 0 Å². The molecule has 0 aromatic carbocycles. The van der Waals surface area contributed by atoms with Gasteiger partial charge in [-0.25, -0.2) is 0 Å². The van der Waals surface area contributed by atoms with Gasteiger partial charge in [-0.2, -0.15) is 0 Å². The lowest BCUT2D eigenvalue weighted by Gasteiger charge is -2.34. The van der Waals surface area contributed by atoms with Gasteiger partial charge in [0.05, 0.1) is 0 Å². The molecule has 0 bridgehead atoms. The summed E-state index contributed by atoms with van der Waals surface area (Å²) in [5, 5.41) is 0. The predicted octanol–water partition coefficient (Wildman–Crippen LogP) is 7.67. The maximum atomic E-state index is 11.8. The summed E-state index contributed by atoms with van der Waals surface area (Å²) in [6, 6.07) is 0. The first-order valence-electron chi connectivity index (χ1n) is 15.7. The molecule has 2 amide bonds. The maximum Gasteiger partial charge on any atom is 0.223 e. The van der Waals surface area contributed by atoms with Crippen LogP contribution < -0.4 is 0 Å². The fourth-order valence-electron chi connectivity index (χ4n) is 4.21. The van der Waals surface area contributed by atoms with Crippen molar-refractivity contribution in [3.63, 3.8) is 0 Å². The van der Waals surface area contributed by atoms with E-state index in [0.717, 1.165) is 45.7 Å². The normalized spacial score (nSPS) is 14.4. The number of rotatable bonds is 10. The lowest BCUT2D eigenvalue weighted by atomic mass is 9.90. The van der Waals surface area contributed by atoms with Gasteiger partial charge >= 0.3 is 0 Å². The molecular formula is C34H74N4O2. The van der Waals surface area contributed by atoms with Crippen molar-refractivity contribution < 1.29 is 9.59 Å². The van der Waals surface area contributed by atoms with Crippen LogP contribution in [-0.4, -0.2) is 97.4 Å². The molecule has 1 saturated heterocycles. The summed E-state index contributed by atoms with van der Waals surface area (Å²) in [6.45, 7) is 37.4. The minimum absolute atomic E-state index is 0. The van der Waals surface area contributed by atoms with E-state index in [4.69, 9.17) is 0 Å². The number of hydrogen-bond acceptors (Lipinski definition) is 4. The third-order valence-electron chi connectivity index (χ3n) is 7.04. The number of carbonyl (C=O) groups is 2. The molecule has 0 aliphatic carbocycles. The Balaban J connectivity index is -0.000000509. The van der Waals surface area contributed by atoms with Crippen LogP contribution in [0.1, 0.15) is 130 Å². The molecule has 0 saturated carbocycles. The standard InChI is InChI=1S/C11H22N2O.C11H23NO.C11H25N.CH4/c1-11(2,3)9-10(14)13-7-5-12(4)6-8-13;1-6-12(7-2)10(13)8-9-11(3,4)5;1-6-12(7-2)10-8-9-11(3,4)5;/h5-9H2,1-4H3;6-9H2,1-5H3;6-10H2,1-5H3;1H4. The highest BCUT2D eigenvalue weighted by atomic mass is 16.2. The zero-order valence-corrected chi connectivity index (χ0v) is 29.0. The van der Waals surface area contributed by atoms with Crippen molar-refractivity contribution >= 4 is 11.8 Å². The van der Waals surface area contributed by atoms with Crippen molar-refractivity contribution in [2.45, 2.75) is 130 Å². The molecule has 6 heteroatoms. The molecule has 0 N–H and O–H groups in total. The third-order valence-corrected chi connectivity index (χ3v) is 7.04. The minimum Gasteiger partial charge on any atom is -0.343 e. The van der Waals surface area contributed by atoms with Gasteiger partial charge in [0.25, 0.3) is 0 Å². The van der Waals surface area contributed by atoms with Crippen LogP contribution in [0.25, 0.3) is 0 Å². The van der Waals surface area contributed by atoms with E-state index < -0.39 is 0 Å². The van der Waals surface area contributed by atoms with Gasteiger partial charge in [0, 0.05) is 52.1 Å². The van der Waals surface area contributed by atoms with E-state index in [2.05, 4.69) is 93.0 Å². The third kappa shape index (κ3) is 25.8. The summed E-state index contributed by atoms with van der Waals surface area (Å²) < 4.78 is 0. The summed E-state index contributed by atoms with van der Waals surface area (Å²) in [6.07, 6.45) is 5.00. The number of likely N-dealkylation sites (N-methyl/N-ethyl adjacent to an activating group) is 1. The SMILES string of the molecule is C.CCN(CC)C(=O)CCC(C)(C)C.CCN(CC)CCCC(C)(C)C.CN1CCN(C(=O)CC(C)(C)C)CC1. The fourth-order valence-corrected chi connectivity index (χ4v) is 4.21. The first-order valence-corrected chi connectivity index (χ1v) is 15.7. The fraction of sp³-hybridized carbons (Fsp3) is 0.941. The first kappa shape index (κ1) is 43.3. The first-order chi connectivity index (χ1) is 17.8. The van der Waals surface area contributed by atoms with Gasteiger partial charge in [0.1, 0.15) is 0 Å². The Morgan fingerprint density at radius 2 is 1.12 bits per heavy atom. The number of carbonyl (C=O) groups excluding carboxylic acids is 2. The van der Waals surface area contributed by atoms with Gasteiger partial charge in [0.15, 0.2) is 0 Å². The lowest BCUT2D eigenvalue weighted by Crippen LogP contribution is -2.47. The summed E-state index contributed by atoms with van der Waals surface area (Å²) >= 11 is 0. The second kappa shape index (κ2) is 21.5. The smallest absolute Gasteiger partial charge is 0.223 e. The average molecular weight is 571 g/mol. The van der Waals surface area contributed by atoms with E-state index in [1.807, 2.05) is 23.6 Å². The molecule has 242 valence electrons. The van der Waals surface area contributed by atoms with Crippen LogP contribution in [0.5, 0.6) is 0 Å². The van der Waals surface area contributed by atoms with Crippen LogP contribution in [0, 0.1) is 16.2 Å². The van der Waals surface area contributed by atoms with E-state index in [-0.39, 0.29) is 18.3 Å². The summed E-state index contributed by atoms with van der Waals surface area (Å²) in [5.74, 6) is 0.602. The number of nitrogens with zero attached hydrogens (tertiary/aromatic N) is 4. The molecule has 1 fully saturated rings. The molecular weight excluding hydrogens is 496 g/mol. The van der Waals surface area contributed by atoms with E-state index in [0.29, 0.717) is 30.1 Å². The summed E-state index contributed by atoms with van der Waals surface area (Å²) in [4.78, 5) is 32.0. The molecule has 0 atom stereocenters. The second-order valence-corrected chi connectivity index (χ2v) is 14.7. The topological polar surface area (TPSA) is 47.1 Å². The van der Waals surface area contributed by atoms with Gasteiger partial charge in [-0.15, -0.1) is 0 Å². The molecule has 0 aromatic heterocycles. The number of amides is 2. The molecule has 6 nitrogen and oxygen atoms in total. The van der Waals surface area contributed by atoms with Crippen molar-refractivity contribution in [1.82, 2.24) is 19.6 Å². The van der Waals surface area contributed by atoms with Crippen molar-refractivity contribution in [2.75, 3.05) is 66.0 Å². The Morgan fingerprint density at radius 1 is 0.675 bits per heavy atom. The van der Waals surface area contributed by atoms with E-state index in [1.165, 1.54) is 32.5 Å². The van der Waals surface area contributed by atoms with Gasteiger partial charge < -0.3 is 19.6 Å². The Bertz CT molecular complexity index is 628. The Morgan fingerprint density at radius 3 is 1.48 bits per heavy atom. The average Bonchev–Trinajstić information content (AvgIpc) is 2.80. The van der Waals surface area contributed by atoms with Gasteiger partial charge in [0.2, 0.25) is 11.8 Å². The van der Waals surface area contributed by atoms with Crippen LogP contribution in [-0.2, 0) is 9.59 Å². The molecule has 0 radical (unpaired) electrons. The van der Waals surface area contributed by atoms with Gasteiger partial charge in [-0.3, -0.25) is 9.59 Å². The molecule has 1 aliphatic heterocycles. The summed E-state index contributed by atoms with van der Waals surface area (Å²) in [7, 11) is 2.10. The highest BCUT2D eigenvalue weighted by molar-refractivity contribution is 5.77. The highest BCUT2D eigenvalue weighted by Crippen LogP contribution is 2.22. The predicted molar refractivity (Wildman–Crippen MR) is 178 cm³/mol. The molecule has 40 heavy (non-hydrogen) atoms. The van der Waals surface area contributed by atoms with Crippen LogP contribution in [0.3, 0.4) is 0 Å². The van der Waals surface area contributed by atoms with Crippen LogP contribution in [0.15, 0.2) is 0 Å². The molecule has 1 heterocycles. The van der Waals surface area contributed by atoms with Gasteiger partial charge in [-0.1, -0.05) is 83.6 Å². The largest absolute Gasteiger partial charge is 0.343 e. The van der Waals surface area contributed by atoms with Crippen molar-refractivity contribution in [3.05, 3.63) is 0 Å². The minimum atomic E-state index is 0.